The zero-order chi connectivity index (χ0) is 13.7. The molecule has 18 heavy (non-hydrogen) atoms. The maximum atomic E-state index is 12.1. The molecule has 0 aromatic heterocycles. The van der Waals surface area contributed by atoms with Gasteiger partial charge < -0.3 is 9.64 Å². The highest BCUT2D eigenvalue weighted by Gasteiger charge is 2.23. The van der Waals surface area contributed by atoms with Crippen molar-refractivity contribution in [2.24, 2.45) is 0 Å². The van der Waals surface area contributed by atoms with Crippen molar-refractivity contribution in [1.82, 2.24) is 4.90 Å². The first kappa shape index (κ1) is 14.6. The maximum absolute atomic E-state index is 12.1. The minimum absolute atomic E-state index is 0.139. The van der Waals surface area contributed by atoms with Crippen LogP contribution in [0.15, 0.2) is 30.3 Å². The predicted octanol–water partition coefficient (Wildman–Crippen LogP) is 4.00. The Morgan fingerprint density at radius 2 is 1.50 bits per heavy atom. The summed E-state index contributed by atoms with van der Waals surface area (Å²) in [6.45, 7) is 9.87. The highest BCUT2D eigenvalue weighted by atomic mass is 16.6. The lowest BCUT2D eigenvalue weighted by Crippen LogP contribution is -2.42. The van der Waals surface area contributed by atoms with E-state index in [1.165, 1.54) is 0 Å². The normalized spacial score (nSPS) is 12.6. The SMILES string of the molecule is CC(OC(=O)N(C(C)C)C(C)C)c1ccccc1. The molecular weight excluding hydrogens is 226 g/mol. The average molecular weight is 249 g/mol. The smallest absolute Gasteiger partial charge is 0.410 e. The lowest BCUT2D eigenvalue weighted by molar-refractivity contribution is 0.0511. The molecule has 0 radical (unpaired) electrons. The van der Waals surface area contributed by atoms with Crippen molar-refractivity contribution in [3.05, 3.63) is 35.9 Å². The molecule has 3 nitrogen and oxygen atoms in total. The Morgan fingerprint density at radius 1 is 1.00 bits per heavy atom. The molecule has 100 valence electrons. The van der Waals surface area contributed by atoms with Gasteiger partial charge in [-0.3, -0.25) is 0 Å². The van der Waals surface area contributed by atoms with Crippen LogP contribution in [0.25, 0.3) is 0 Å². The van der Waals surface area contributed by atoms with Crippen molar-refractivity contribution in [3.63, 3.8) is 0 Å². The molecule has 0 saturated carbocycles. The third-order valence-corrected chi connectivity index (χ3v) is 2.87. The second-order valence-electron chi connectivity index (χ2n) is 5.03. The van der Waals surface area contributed by atoms with E-state index in [0.29, 0.717) is 0 Å². The fourth-order valence-electron chi connectivity index (χ4n) is 2.02. The van der Waals surface area contributed by atoms with Gasteiger partial charge in [0.15, 0.2) is 0 Å². The van der Waals surface area contributed by atoms with E-state index in [1.807, 2.05) is 65.0 Å². The number of nitrogens with zero attached hydrogens (tertiary/aromatic N) is 1. The summed E-state index contributed by atoms with van der Waals surface area (Å²) < 4.78 is 5.51. The van der Waals surface area contributed by atoms with Gasteiger partial charge >= 0.3 is 6.09 Å². The molecule has 0 bridgehead atoms. The van der Waals surface area contributed by atoms with Gasteiger partial charge in [0.05, 0.1) is 0 Å². The Kier molecular flexibility index (Phi) is 5.20. The molecule has 1 aromatic carbocycles. The van der Waals surface area contributed by atoms with Crippen molar-refractivity contribution in [2.75, 3.05) is 0 Å². The summed E-state index contributed by atoms with van der Waals surface area (Å²) in [6, 6.07) is 10.1. The largest absolute Gasteiger partial charge is 0.442 e. The lowest BCUT2D eigenvalue weighted by Gasteiger charge is -2.31. The summed E-state index contributed by atoms with van der Waals surface area (Å²) in [7, 11) is 0. The first-order chi connectivity index (χ1) is 8.43. The molecule has 0 fully saturated rings. The van der Waals surface area contributed by atoms with Crippen LogP contribution in [0.4, 0.5) is 4.79 Å². The van der Waals surface area contributed by atoms with Gasteiger partial charge in [-0.1, -0.05) is 30.3 Å². The van der Waals surface area contributed by atoms with E-state index in [2.05, 4.69) is 0 Å². The molecule has 0 N–H and O–H groups in total. The van der Waals surface area contributed by atoms with Crippen LogP contribution in [-0.4, -0.2) is 23.1 Å². The van der Waals surface area contributed by atoms with Gasteiger partial charge in [-0.15, -0.1) is 0 Å². The van der Waals surface area contributed by atoms with Crippen LogP contribution in [0.2, 0.25) is 0 Å². The molecule has 3 heteroatoms. The average Bonchev–Trinajstić information content (AvgIpc) is 2.28. The Labute approximate surface area is 110 Å². The van der Waals surface area contributed by atoms with E-state index in [-0.39, 0.29) is 24.3 Å². The quantitative estimate of drug-likeness (QED) is 0.807. The van der Waals surface area contributed by atoms with Gasteiger partial charge in [0.1, 0.15) is 6.10 Å². The molecule has 1 aromatic rings. The monoisotopic (exact) mass is 249 g/mol. The summed E-state index contributed by atoms with van der Waals surface area (Å²) in [5.74, 6) is 0. The first-order valence-electron chi connectivity index (χ1n) is 6.47. The van der Waals surface area contributed by atoms with Crippen molar-refractivity contribution >= 4 is 6.09 Å². The molecule has 0 spiro atoms. The van der Waals surface area contributed by atoms with E-state index in [9.17, 15) is 4.79 Å². The van der Waals surface area contributed by atoms with Crippen LogP contribution >= 0.6 is 0 Å². The summed E-state index contributed by atoms with van der Waals surface area (Å²) in [6.07, 6.45) is -0.477. The molecule has 0 aliphatic rings. The van der Waals surface area contributed by atoms with Crippen LogP contribution < -0.4 is 0 Å². The molecule has 0 heterocycles. The number of hydrogen-bond donors (Lipinski definition) is 0. The van der Waals surface area contributed by atoms with Crippen molar-refractivity contribution in [1.29, 1.82) is 0 Å². The molecule has 0 aliphatic heterocycles. The standard InChI is InChI=1S/C15H23NO2/c1-11(2)16(12(3)4)15(17)18-13(5)14-9-7-6-8-10-14/h6-13H,1-5H3. The third kappa shape index (κ3) is 3.76. The fraction of sp³-hybridized carbons (Fsp3) is 0.533. The number of carbonyl (C=O) groups is 1. The number of rotatable bonds is 4. The fourth-order valence-corrected chi connectivity index (χ4v) is 2.02. The highest BCUT2D eigenvalue weighted by molar-refractivity contribution is 5.68. The molecule has 1 amide bonds. The number of amides is 1. The van der Waals surface area contributed by atoms with Crippen LogP contribution in [-0.2, 0) is 4.74 Å². The van der Waals surface area contributed by atoms with Gasteiger partial charge in [0.25, 0.3) is 0 Å². The van der Waals surface area contributed by atoms with E-state index >= 15 is 0 Å². The van der Waals surface area contributed by atoms with E-state index in [0.717, 1.165) is 5.56 Å². The van der Waals surface area contributed by atoms with Gasteiger partial charge in [0, 0.05) is 12.1 Å². The van der Waals surface area contributed by atoms with E-state index in [4.69, 9.17) is 4.74 Å². The van der Waals surface area contributed by atoms with Gasteiger partial charge in [0.2, 0.25) is 0 Å². The summed E-state index contributed by atoms with van der Waals surface area (Å²) in [4.78, 5) is 13.9. The predicted molar refractivity (Wildman–Crippen MR) is 73.4 cm³/mol. The Morgan fingerprint density at radius 3 is 1.94 bits per heavy atom. The van der Waals surface area contributed by atoms with Crippen molar-refractivity contribution < 1.29 is 9.53 Å². The second-order valence-corrected chi connectivity index (χ2v) is 5.03. The Balaban J connectivity index is 2.69. The third-order valence-electron chi connectivity index (χ3n) is 2.87. The topological polar surface area (TPSA) is 29.5 Å². The molecule has 1 rings (SSSR count). The van der Waals surface area contributed by atoms with Gasteiger partial charge in [-0.05, 0) is 40.2 Å². The Bertz CT molecular complexity index is 365. The zero-order valence-electron chi connectivity index (χ0n) is 11.9. The number of hydrogen-bond acceptors (Lipinski definition) is 2. The number of benzene rings is 1. The summed E-state index contributed by atoms with van der Waals surface area (Å²) >= 11 is 0. The maximum Gasteiger partial charge on any atom is 0.410 e. The lowest BCUT2D eigenvalue weighted by atomic mass is 10.1. The van der Waals surface area contributed by atoms with Crippen LogP contribution in [0.5, 0.6) is 0 Å². The van der Waals surface area contributed by atoms with Gasteiger partial charge in [-0.2, -0.15) is 0 Å². The molecular formula is C15H23NO2. The van der Waals surface area contributed by atoms with Crippen LogP contribution in [0, 0.1) is 0 Å². The first-order valence-corrected chi connectivity index (χ1v) is 6.47. The molecule has 0 aliphatic carbocycles. The Hall–Kier alpha value is -1.51. The minimum Gasteiger partial charge on any atom is -0.442 e. The summed E-state index contributed by atoms with van der Waals surface area (Å²) in [5.41, 5.74) is 1.01. The van der Waals surface area contributed by atoms with Crippen molar-refractivity contribution in [2.45, 2.75) is 52.8 Å². The highest BCUT2D eigenvalue weighted by Crippen LogP contribution is 2.19. The molecule has 1 unspecified atom stereocenters. The summed E-state index contributed by atoms with van der Waals surface area (Å²) in [5, 5.41) is 0. The second kappa shape index (κ2) is 6.43. The molecule has 1 atom stereocenters. The zero-order valence-corrected chi connectivity index (χ0v) is 11.9. The number of ether oxygens (including phenoxy) is 1. The van der Waals surface area contributed by atoms with Crippen molar-refractivity contribution in [3.8, 4) is 0 Å². The van der Waals surface area contributed by atoms with Gasteiger partial charge in [-0.25, -0.2) is 4.79 Å². The number of carbonyl (C=O) groups excluding carboxylic acids is 1. The van der Waals surface area contributed by atoms with E-state index in [1.54, 1.807) is 4.90 Å². The molecule has 0 saturated heterocycles. The minimum atomic E-state index is -0.253. The van der Waals surface area contributed by atoms with Crippen LogP contribution in [0.1, 0.15) is 46.3 Å². The van der Waals surface area contributed by atoms with E-state index < -0.39 is 0 Å². The van der Waals surface area contributed by atoms with Crippen LogP contribution in [0.3, 0.4) is 0 Å².